The van der Waals surface area contributed by atoms with Crippen LogP contribution in [-0.4, -0.2) is 14.2 Å². The van der Waals surface area contributed by atoms with Crippen LogP contribution in [0.1, 0.15) is 0 Å². The molecule has 0 aromatic heterocycles. The summed E-state index contributed by atoms with van der Waals surface area (Å²) in [5.74, 6) is 0.340. The first-order valence-corrected chi connectivity index (χ1v) is 3.74. The molecule has 66 valence electrons. The smallest absolute Gasteiger partial charge is 0.138 e. The number of benzene rings is 1. The van der Waals surface area contributed by atoms with Gasteiger partial charge in [0.1, 0.15) is 17.3 Å². The first-order chi connectivity index (χ1) is 5.69. The van der Waals surface area contributed by atoms with E-state index in [-0.39, 0.29) is 0 Å². The van der Waals surface area contributed by atoms with Gasteiger partial charge in [0.25, 0.3) is 0 Å². The van der Waals surface area contributed by atoms with E-state index in [1.54, 1.807) is 0 Å². The van der Waals surface area contributed by atoms with Crippen LogP contribution in [0.2, 0.25) is 0 Å². The topological polar surface area (TPSA) is 18.5 Å². The minimum absolute atomic E-state index is 0.371. The van der Waals surface area contributed by atoms with Gasteiger partial charge in [-0.1, -0.05) is 0 Å². The molecule has 0 aliphatic rings. The van der Waals surface area contributed by atoms with Crippen LogP contribution in [0.3, 0.4) is 0 Å². The van der Waals surface area contributed by atoms with E-state index in [4.69, 9.17) is 9.47 Å². The standard InChI is InChI=1S/C8H9FO2S/c1-10-6-3-5(9)4-7(11-2)8(6)12/h3-4,12H,1-2H3. The molecule has 0 unspecified atom stereocenters. The molecule has 0 saturated heterocycles. The van der Waals surface area contributed by atoms with Gasteiger partial charge in [-0.05, 0) is 0 Å². The van der Waals surface area contributed by atoms with Crippen molar-refractivity contribution in [1.82, 2.24) is 0 Å². The number of hydrogen-bond donors (Lipinski definition) is 1. The molecule has 0 fully saturated rings. The Morgan fingerprint density at radius 2 is 1.58 bits per heavy atom. The lowest BCUT2D eigenvalue weighted by Crippen LogP contribution is -1.91. The lowest BCUT2D eigenvalue weighted by molar-refractivity contribution is 0.371. The second kappa shape index (κ2) is 3.67. The fraction of sp³-hybridized carbons (Fsp3) is 0.250. The average Bonchev–Trinajstić information content (AvgIpc) is 2.08. The molecule has 0 saturated carbocycles. The maximum Gasteiger partial charge on any atom is 0.138 e. The molecule has 0 aliphatic carbocycles. The zero-order chi connectivity index (χ0) is 9.14. The Hall–Kier alpha value is -0.900. The number of ether oxygens (including phenoxy) is 2. The molecule has 0 amide bonds. The molecule has 12 heavy (non-hydrogen) atoms. The minimum atomic E-state index is -0.401. The number of hydrogen-bond acceptors (Lipinski definition) is 3. The monoisotopic (exact) mass is 188 g/mol. The van der Waals surface area contributed by atoms with Gasteiger partial charge in [0.2, 0.25) is 0 Å². The fourth-order valence-corrected chi connectivity index (χ4v) is 1.17. The van der Waals surface area contributed by atoms with Crippen LogP contribution in [0, 0.1) is 5.82 Å². The van der Waals surface area contributed by atoms with Gasteiger partial charge < -0.3 is 9.47 Å². The summed E-state index contributed by atoms with van der Waals surface area (Å²) in [6.07, 6.45) is 0. The third kappa shape index (κ3) is 1.64. The van der Waals surface area contributed by atoms with Crippen LogP contribution >= 0.6 is 12.6 Å². The Labute approximate surface area is 75.7 Å². The van der Waals surface area contributed by atoms with E-state index in [1.165, 1.54) is 26.4 Å². The van der Waals surface area contributed by atoms with Crippen molar-refractivity contribution in [3.8, 4) is 11.5 Å². The van der Waals surface area contributed by atoms with Crippen LogP contribution in [0.25, 0.3) is 0 Å². The van der Waals surface area contributed by atoms with Gasteiger partial charge in [0.05, 0.1) is 19.1 Å². The predicted molar refractivity (Wildman–Crippen MR) is 46.8 cm³/mol. The van der Waals surface area contributed by atoms with Crippen LogP contribution < -0.4 is 9.47 Å². The van der Waals surface area contributed by atoms with E-state index in [0.29, 0.717) is 16.4 Å². The molecule has 0 bridgehead atoms. The molecule has 1 aromatic carbocycles. The molecule has 0 aliphatic heterocycles. The van der Waals surface area contributed by atoms with Gasteiger partial charge in [0.15, 0.2) is 0 Å². The van der Waals surface area contributed by atoms with Crippen LogP contribution in [0.4, 0.5) is 4.39 Å². The van der Waals surface area contributed by atoms with Crippen molar-refractivity contribution in [2.75, 3.05) is 14.2 Å². The summed E-state index contributed by atoms with van der Waals surface area (Å²) >= 11 is 4.10. The van der Waals surface area contributed by atoms with Crippen LogP contribution in [0.15, 0.2) is 17.0 Å². The second-order valence-corrected chi connectivity index (χ2v) is 2.61. The summed E-state index contributed by atoms with van der Waals surface area (Å²) in [7, 11) is 2.90. The van der Waals surface area contributed by atoms with E-state index in [1.807, 2.05) is 0 Å². The van der Waals surface area contributed by atoms with Crippen molar-refractivity contribution in [3.05, 3.63) is 17.9 Å². The first-order valence-electron chi connectivity index (χ1n) is 3.29. The number of methoxy groups -OCH3 is 2. The minimum Gasteiger partial charge on any atom is -0.495 e. The lowest BCUT2D eigenvalue weighted by atomic mass is 10.3. The van der Waals surface area contributed by atoms with Crippen molar-refractivity contribution < 1.29 is 13.9 Å². The Balaban J connectivity index is 3.22. The summed E-state index contributed by atoms with van der Waals surface area (Å²) in [4.78, 5) is 0.501. The Kier molecular flexibility index (Phi) is 2.81. The zero-order valence-electron chi connectivity index (χ0n) is 6.80. The Bertz CT molecular complexity index is 263. The number of rotatable bonds is 2. The first kappa shape index (κ1) is 9.19. The van der Waals surface area contributed by atoms with Gasteiger partial charge in [0, 0.05) is 12.1 Å². The van der Waals surface area contributed by atoms with E-state index in [9.17, 15) is 4.39 Å². The maximum atomic E-state index is 12.8. The highest BCUT2D eigenvalue weighted by molar-refractivity contribution is 7.80. The molecular weight excluding hydrogens is 179 g/mol. The average molecular weight is 188 g/mol. The molecule has 2 nitrogen and oxygen atoms in total. The highest BCUT2D eigenvalue weighted by Gasteiger charge is 2.08. The summed E-state index contributed by atoms with van der Waals surface area (Å²) in [6.45, 7) is 0. The largest absolute Gasteiger partial charge is 0.495 e. The predicted octanol–water partition coefficient (Wildman–Crippen LogP) is 2.13. The third-order valence-electron chi connectivity index (χ3n) is 1.44. The SMILES string of the molecule is COc1cc(F)cc(OC)c1S. The highest BCUT2D eigenvalue weighted by Crippen LogP contribution is 2.32. The second-order valence-electron chi connectivity index (χ2n) is 2.16. The quantitative estimate of drug-likeness (QED) is 0.717. The molecule has 0 N–H and O–H groups in total. The third-order valence-corrected chi connectivity index (χ3v) is 1.89. The molecule has 0 heterocycles. The van der Waals surface area contributed by atoms with Crippen molar-refractivity contribution in [1.29, 1.82) is 0 Å². The molecule has 0 spiro atoms. The van der Waals surface area contributed by atoms with Crippen molar-refractivity contribution in [3.63, 3.8) is 0 Å². The summed E-state index contributed by atoms with van der Waals surface area (Å²) < 4.78 is 22.5. The lowest BCUT2D eigenvalue weighted by Gasteiger charge is -2.08. The van der Waals surface area contributed by atoms with Crippen molar-refractivity contribution in [2.45, 2.75) is 4.90 Å². The maximum absolute atomic E-state index is 12.8. The van der Waals surface area contributed by atoms with E-state index in [0.717, 1.165) is 0 Å². The summed E-state index contributed by atoms with van der Waals surface area (Å²) in [5.41, 5.74) is 0. The van der Waals surface area contributed by atoms with Crippen LogP contribution in [0.5, 0.6) is 11.5 Å². The molecule has 0 atom stereocenters. The Morgan fingerprint density at radius 3 is 1.92 bits per heavy atom. The molecule has 1 rings (SSSR count). The van der Waals surface area contributed by atoms with Gasteiger partial charge in [-0.2, -0.15) is 0 Å². The number of halogens is 1. The number of thiol groups is 1. The van der Waals surface area contributed by atoms with Crippen molar-refractivity contribution >= 4 is 12.6 Å². The fourth-order valence-electron chi connectivity index (χ4n) is 0.861. The van der Waals surface area contributed by atoms with Gasteiger partial charge in [-0.3, -0.25) is 0 Å². The zero-order valence-corrected chi connectivity index (χ0v) is 7.69. The van der Waals surface area contributed by atoms with E-state index < -0.39 is 5.82 Å². The molecule has 0 radical (unpaired) electrons. The van der Waals surface area contributed by atoms with Crippen molar-refractivity contribution in [2.24, 2.45) is 0 Å². The summed E-state index contributed by atoms with van der Waals surface area (Å²) in [6, 6.07) is 2.51. The van der Waals surface area contributed by atoms with Gasteiger partial charge in [-0.25, -0.2) is 4.39 Å². The normalized spacial score (nSPS) is 9.67. The molecule has 1 aromatic rings. The van der Waals surface area contributed by atoms with Gasteiger partial charge >= 0.3 is 0 Å². The highest BCUT2D eigenvalue weighted by atomic mass is 32.1. The molecular formula is C8H9FO2S. The molecule has 4 heteroatoms. The van der Waals surface area contributed by atoms with Crippen LogP contribution in [-0.2, 0) is 0 Å². The van der Waals surface area contributed by atoms with E-state index >= 15 is 0 Å². The Morgan fingerprint density at radius 1 is 1.17 bits per heavy atom. The van der Waals surface area contributed by atoms with Gasteiger partial charge in [-0.15, -0.1) is 12.6 Å². The summed E-state index contributed by atoms with van der Waals surface area (Å²) in [5, 5.41) is 0. The van der Waals surface area contributed by atoms with E-state index in [2.05, 4.69) is 12.6 Å².